The largest absolute Gasteiger partial charge is 0.353 e. The first-order valence-electron chi connectivity index (χ1n) is 4.81. The molecule has 2 unspecified atom stereocenters. The average molecular weight is 182 g/mol. The second-order valence-electron chi connectivity index (χ2n) is 3.40. The lowest BCUT2D eigenvalue weighted by atomic mass is 10.1. The molecule has 0 radical (unpaired) electrons. The molecule has 0 rings (SSSR count). The van der Waals surface area contributed by atoms with Crippen molar-refractivity contribution in [2.75, 3.05) is 0 Å². The molecule has 0 saturated heterocycles. The molecule has 0 aliphatic rings. The van der Waals surface area contributed by atoms with Gasteiger partial charge in [-0.05, 0) is 20.3 Å². The molecule has 0 aliphatic carbocycles. The highest BCUT2D eigenvalue weighted by Crippen LogP contribution is 2.01. The van der Waals surface area contributed by atoms with Crippen LogP contribution in [0.4, 0.5) is 0 Å². The van der Waals surface area contributed by atoms with Crippen molar-refractivity contribution in [3.05, 3.63) is 0 Å². The summed E-state index contributed by atoms with van der Waals surface area (Å²) in [6, 6.07) is 2.10. The number of carbonyl (C=O) groups is 1. The fourth-order valence-electron chi connectivity index (χ4n) is 1.01. The lowest BCUT2D eigenvalue weighted by Crippen LogP contribution is -2.35. The summed E-state index contributed by atoms with van der Waals surface area (Å²) in [5.74, 6) is -0.699. The fraction of sp³-hybridized carbons (Fsp3) is 0.800. The number of hydrogen-bond donors (Lipinski definition) is 1. The third kappa shape index (κ3) is 5.24. The first-order valence-corrected chi connectivity index (χ1v) is 4.81. The SMILES string of the molecule is CCCCC(C)NC(=O)C(C)C#N. The monoisotopic (exact) mass is 182 g/mol. The number of nitrogens with one attached hydrogen (secondary N) is 1. The molecule has 3 heteroatoms. The quantitative estimate of drug-likeness (QED) is 0.705. The van der Waals surface area contributed by atoms with E-state index in [9.17, 15) is 4.79 Å². The van der Waals surface area contributed by atoms with Crippen molar-refractivity contribution in [3.8, 4) is 6.07 Å². The first kappa shape index (κ1) is 12.0. The van der Waals surface area contributed by atoms with E-state index in [-0.39, 0.29) is 11.9 Å². The van der Waals surface area contributed by atoms with E-state index in [4.69, 9.17) is 5.26 Å². The Balaban J connectivity index is 3.72. The molecule has 3 nitrogen and oxygen atoms in total. The molecule has 0 fully saturated rings. The molecule has 0 aromatic heterocycles. The minimum Gasteiger partial charge on any atom is -0.353 e. The highest BCUT2D eigenvalue weighted by molar-refractivity contribution is 5.80. The minimum absolute atomic E-state index is 0.161. The minimum atomic E-state index is -0.538. The zero-order valence-electron chi connectivity index (χ0n) is 8.63. The number of hydrogen-bond acceptors (Lipinski definition) is 2. The predicted molar refractivity (Wildman–Crippen MR) is 51.9 cm³/mol. The summed E-state index contributed by atoms with van der Waals surface area (Å²) < 4.78 is 0. The Hall–Kier alpha value is -1.04. The molecule has 0 spiro atoms. The van der Waals surface area contributed by atoms with Gasteiger partial charge in [0.25, 0.3) is 0 Å². The van der Waals surface area contributed by atoms with E-state index >= 15 is 0 Å². The van der Waals surface area contributed by atoms with E-state index in [1.165, 1.54) is 0 Å². The fourth-order valence-corrected chi connectivity index (χ4v) is 1.01. The molecule has 0 bridgehead atoms. The van der Waals surface area contributed by atoms with Gasteiger partial charge in [0.05, 0.1) is 6.07 Å². The lowest BCUT2D eigenvalue weighted by molar-refractivity contribution is -0.123. The van der Waals surface area contributed by atoms with Crippen molar-refractivity contribution in [2.45, 2.75) is 46.1 Å². The van der Waals surface area contributed by atoms with E-state index in [1.54, 1.807) is 6.92 Å². The van der Waals surface area contributed by atoms with Crippen molar-refractivity contribution in [3.63, 3.8) is 0 Å². The van der Waals surface area contributed by atoms with Crippen molar-refractivity contribution >= 4 is 5.91 Å². The first-order chi connectivity index (χ1) is 6.11. The van der Waals surface area contributed by atoms with Gasteiger partial charge >= 0.3 is 0 Å². The molecule has 1 N–H and O–H groups in total. The molecule has 0 aliphatic heterocycles. The van der Waals surface area contributed by atoms with E-state index in [0.29, 0.717) is 0 Å². The van der Waals surface area contributed by atoms with Crippen molar-refractivity contribution < 1.29 is 4.79 Å². The molecule has 0 saturated carbocycles. The van der Waals surface area contributed by atoms with Crippen LogP contribution in [0, 0.1) is 17.2 Å². The molecule has 0 aromatic carbocycles. The Morgan fingerprint density at radius 2 is 2.15 bits per heavy atom. The van der Waals surface area contributed by atoms with Gasteiger partial charge in [-0.2, -0.15) is 5.26 Å². The third-order valence-corrected chi connectivity index (χ3v) is 1.97. The van der Waals surface area contributed by atoms with Crippen molar-refractivity contribution in [2.24, 2.45) is 5.92 Å². The van der Waals surface area contributed by atoms with Gasteiger partial charge in [-0.25, -0.2) is 0 Å². The number of unbranched alkanes of at least 4 members (excludes halogenated alkanes) is 1. The van der Waals surface area contributed by atoms with E-state index in [1.807, 2.05) is 13.0 Å². The Morgan fingerprint density at radius 3 is 2.62 bits per heavy atom. The smallest absolute Gasteiger partial charge is 0.237 e. The van der Waals surface area contributed by atoms with Crippen LogP contribution < -0.4 is 5.32 Å². The maximum atomic E-state index is 11.2. The van der Waals surface area contributed by atoms with Gasteiger partial charge in [0.1, 0.15) is 5.92 Å². The van der Waals surface area contributed by atoms with Crippen LogP contribution in [0.2, 0.25) is 0 Å². The van der Waals surface area contributed by atoms with Crippen LogP contribution in [0.25, 0.3) is 0 Å². The van der Waals surface area contributed by atoms with Crippen LogP contribution in [0.5, 0.6) is 0 Å². The van der Waals surface area contributed by atoms with Gasteiger partial charge in [0, 0.05) is 6.04 Å². The molecule has 13 heavy (non-hydrogen) atoms. The molecular weight excluding hydrogens is 164 g/mol. The summed E-state index contributed by atoms with van der Waals surface area (Å²) >= 11 is 0. The van der Waals surface area contributed by atoms with Gasteiger partial charge < -0.3 is 5.32 Å². The average Bonchev–Trinajstić information content (AvgIpc) is 2.13. The van der Waals surface area contributed by atoms with Crippen LogP contribution in [0.15, 0.2) is 0 Å². The van der Waals surface area contributed by atoms with E-state index in [2.05, 4.69) is 12.2 Å². The molecule has 1 amide bonds. The number of amides is 1. The third-order valence-electron chi connectivity index (χ3n) is 1.97. The molecule has 74 valence electrons. The summed E-state index contributed by atoms with van der Waals surface area (Å²) in [4.78, 5) is 11.2. The van der Waals surface area contributed by atoms with Gasteiger partial charge in [0.15, 0.2) is 0 Å². The Bertz CT molecular complexity index is 196. The summed E-state index contributed by atoms with van der Waals surface area (Å²) in [6.45, 7) is 5.70. The Morgan fingerprint density at radius 1 is 1.54 bits per heavy atom. The standard InChI is InChI=1S/C10H18N2O/c1-4-5-6-9(3)12-10(13)8(2)7-11/h8-9H,4-6H2,1-3H3,(H,12,13). The van der Waals surface area contributed by atoms with Gasteiger partial charge in [-0.15, -0.1) is 0 Å². The van der Waals surface area contributed by atoms with Crippen LogP contribution in [-0.4, -0.2) is 11.9 Å². The zero-order chi connectivity index (χ0) is 10.3. The summed E-state index contributed by atoms with van der Waals surface area (Å²) in [6.07, 6.45) is 3.23. The van der Waals surface area contributed by atoms with Crippen LogP contribution in [0.3, 0.4) is 0 Å². The molecular formula is C10H18N2O. The topological polar surface area (TPSA) is 52.9 Å². The Labute approximate surface area is 80.1 Å². The summed E-state index contributed by atoms with van der Waals surface area (Å²) in [7, 11) is 0. The molecule has 2 atom stereocenters. The second kappa shape index (κ2) is 6.47. The predicted octanol–water partition coefficient (Wildman–Crippen LogP) is 1.84. The highest BCUT2D eigenvalue weighted by Gasteiger charge is 2.13. The number of carbonyl (C=O) groups excluding carboxylic acids is 1. The molecule has 0 heterocycles. The van der Waals surface area contributed by atoms with Crippen LogP contribution >= 0.6 is 0 Å². The normalized spacial score (nSPS) is 14.3. The summed E-state index contributed by atoms with van der Waals surface area (Å²) in [5, 5.41) is 11.3. The highest BCUT2D eigenvalue weighted by atomic mass is 16.1. The van der Waals surface area contributed by atoms with Gasteiger partial charge in [-0.1, -0.05) is 19.8 Å². The van der Waals surface area contributed by atoms with Gasteiger partial charge in [-0.3, -0.25) is 4.79 Å². The number of nitrogens with zero attached hydrogens (tertiary/aromatic N) is 1. The second-order valence-corrected chi connectivity index (χ2v) is 3.40. The number of nitriles is 1. The maximum Gasteiger partial charge on any atom is 0.237 e. The van der Waals surface area contributed by atoms with Crippen LogP contribution in [0.1, 0.15) is 40.0 Å². The maximum absolute atomic E-state index is 11.2. The van der Waals surface area contributed by atoms with Gasteiger partial charge in [0.2, 0.25) is 5.91 Å². The number of rotatable bonds is 5. The zero-order valence-corrected chi connectivity index (χ0v) is 8.63. The van der Waals surface area contributed by atoms with E-state index in [0.717, 1.165) is 19.3 Å². The van der Waals surface area contributed by atoms with Crippen molar-refractivity contribution in [1.82, 2.24) is 5.32 Å². The van der Waals surface area contributed by atoms with Crippen LogP contribution in [-0.2, 0) is 4.79 Å². The summed E-state index contributed by atoms with van der Waals surface area (Å²) in [5.41, 5.74) is 0. The molecule has 0 aromatic rings. The van der Waals surface area contributed by atoms with Crippen molar-refractivity contribution in [1.29, 1.82) is 5.26 Å². The van der Waals surface area contributed by atoms with E-state index < -0.39 is 5.92 Å². The lowest BCUT2D eigenvalue weighted by Gasteiger charge is -2.13. The Kier molecular flexibility index (Phi) is 5.96.